The third kappa shape index (κ3) is 6.95. The van der Waals surface area contributed by atoms with Crippen LogP contribution in [0.1, 0.15) is 38.3 Å². The molecular formula is C31H38F2N2O5. The Morgan fingerprint density at radius 2 is 1.85 bits per heavy atom. The van der Waals surface area contributed by atoms with Crippen LogP contribution < -0.4 is 0 Å². The highest BCUT2D eigenvalue weighted by Crippen LogP contribution is 2.35. The van der Waals surface area contributed by atoms with Crippen LogP contribution in [0.25, 0.3) is 0 Å². The quantitative estimate of drug-likeness (QED) is 0.434. The lowest BCUT2D eigenvalue weighted by molar-refractivity contribution is -0.139. The average molecular weight is 557 g/mol. The molecule has 4 rings (SSSR count). The summed E-state index contributed by atoms with van der Waals surface area (Å²) in [7, 11) is 0. The molecule has 0 aliphatic carbocycles. The smallest absolute Gasteiger partial charge is 0.416 e. The van der Waals surface area contributed by atoms with Gasteiger partial charge in [0.2, 0.25) is 5.91 Å². The maximum absolute atomic E-state index is 14.2. The Morgan fingerprint density at radius 1 is 1.18 bits per heavy atom. The number of cyclic esters (lactones) is 1. The van der Waals surface area contributed by atoms with E-state index in [4.69, 9.17) is 9.47 Å². The van der Waals surface area contributed by atoms with Gasteiger partial charge in [-0.05, 0) is 63.3 Å². The molecule has 0 unspecified atom stereocenters. The second-order valence-corrected chi connectivity index (χ2v) is 11.6. The van der Waals surface area contributed by atoms with Crippen LogP contribution in [-0.4, -0.2) is 76.5 Å². The van der Waals surface area contributed by atoms with Gasteiger partial charge in [0, 0.05) is 24.2 Å². The van der Waals surface area contributed by atoms with Gasteiger partial charge in [-0.2, -0.15) is 0 Å². The number of hydrogen-bond donors (Lipinski definition) is 1. The van der Waals surface area contributed by atoms with Gasteiger partial charge < -0.3 is 14.6 Å². The van der Waals surface area contributed by atoms with Crippen LogP contribution in [0.5, 0.6) is 0 Å². The first-order valence-electron chi connectivity index (χ1n) is 13.6. The summed E-state index contributed by atoms with van der Waals surface area (Å²) < 4.78 is 39.4. The number of ether oxygens (including phenoxy) is 2. The van der Waals surface area contributed by atoms with Crippen molar-refractivity contribution >= 4 is 12.0 Å². The van der Waals surface area contributed by atoms with Crippen LogP contribution in [0.2, 0.25) is 0 Å². The molecule has 2 aliphatic rings. The van der Waals surface area contributed by atoms with E-state index in [9.17, 15) is 23.5 Å². The highest BCUT2D eigenvalue weighted by atomic mass is 19.1. The topological polar surface area (TPSA) is 79.3 Å². The van der Waals surface area contributed by atoms with Gasteiger partial charge in [0.05, 0.1) is 30.8 Å². The van der Waals surface area contributed by atoms with E-state index >= 15 is 0 Å². The van der Waals surface area contributed by atoms with Crippen molar-refractivity contribution in [2.24, 2.45) is 5.92 Å². The number of halogens is 2. The van der Waals surface area contributed by atoms with Gasteiger partial charge in [0.25, 0.3) is 0 Å². The fraction of sp³-hybridized carbons (Fsp3) is 0.484. The highest BCUT2D eigenvalue weighted by Gasteiger charge is 2.49. The number of aliphatic hydroxyl groups is 1. The first-order chi connectivity index (χ1) is 19.0. The van der Waals surface area contributed by atoms with Gasteiger partial charge in [-0.1, -0.05) is 36.4 Å². The first kappa shape index (κ1) is 29.8. The number of likely N-dealkylation sites (tertiary alicyclic amines) is 1. The number of carbonyl (C=O) groups excluding carboxylic acids is 2. The Hall–Kier alpha value is -3.14. The number of aliphatic hydroxyl groups excluding tert-OH is 1. The van der Waals surface area contributed by atoms with Crippen LogP contribution in [0.4, 0.5) is 13.6 Å². The number of benzene rings is 2. The van der Waals surface area contributed by atoms with E-state index in [2.05, 4.69) is 11.5 Å². The van der Waals surface area contributed by atoms with E-state index in [0.29, 0.717) is 26.0 Å². The van der Waals surface area contributed by atoms with Crippen molar-refractivity contribution in [1.29, 1.82) is 0 Å². The zero-order chi connectivity index (χ0) is 29.0. The van der Waals surface area contributed by atoms with Gasteiger partial charge in [0.15, 0.2) is 0 Å². The van der Waals surface area contributed by atoms with E-state index in [0.717, 1.165) is 28.7 Å². The van der Waals surface area contributed by atoms with Crippen molar-refractivity contribution in [3.8, 4) is 0 Å². The number of nitrogens with zero attached hydrogens (tertiary/aromatic N) is 2. The number of hydrogen-bond acceptors (Lipinski definition) is 6. The van der Waals surface area contributed by atoms with Crippen LogP contribution in [0.3, 0.4) is 0 Å². The molecule has 2 saturated heterocycles. The molecule has 0 radical (unpaired) electrons. The van der Waals surface area contributed by atoms with Crippen molar-refractivity contribution in [3.63, 3.8) is 0 Å². The molecule has 2 aromatic rings. The molecule has 0 aromatic heterocycles. The minimum atomic E-state index is -1.26. The molecule has 9 heteroatoms. The molecule has 2 aromatic carbocycles. The maximum Gasteiger partial charge on any atom is 0.416 e. The number of carbonyl (C=O) groups is 2. The van der Waals surface area contributed by atoms with Crippen LogP contribution in [0, 0.1) is 17.6 Å². The summed E-state index contributed by atoms with van der Waals surface area (Å²) in [5.41, 5.74) is 0.755. The predicted molar refractivity (Wildman–Crippen MR) is 146 cm³/mol. The number of rotatable bonds is 10. The summed E-state index contributed by atoms with van der Waals surface area (Å²) in [6, 6.07) is 11.4. The summed E-state index contributed by atoms with van der Waals surface area (Å²) in [5.74, 6) is -3.37. The number of amides is 2. The standard InChI is InChI=1S/C31H38F2N2O5/c1-5-11-39-25-17-27(34(18-25)31(2,3)4)28(36)26(15-21-12-22(32)16-23(33)13-21)29(37)35-24(19-40-30(35)38)14-20-9-7-6-8-10-20/h5-10,12-13,16,24-28,36H,1,11,14-15,17-19H2,2-4H3/t24-,25+,26-,27+,28-/m0/s1. The van der Waals surface area contributed by atoms with E-state index in [1.54, 1.807) is 6.08 Å². The average Bonchev–Trinajstić information content (AvgIpc) is 3.49. The van der Waals surface area contributed by atoms with Crippen LogP contribution in [0.15, 0.2) is 61.2 Å². The van der Waals surface area contributed by atoms with E-state index < -0.39 is 47.7 Å². The Bertz CT molecular complexity index is 1180. The molecule has 0 spiro atoms. The van der Waals surface area contributed by atoms with Crippen molar-refractivity contribution < 1.29 is 33.0 Å². The molecular weight excluding hydrogens is 518 g/mol. The van der Waals surface area contributed by atoms with Gasteiger partial charge in [0.1, 0.15) is 18.2 Å². The van der Waals surface area contributed by atoms with Crippen molar-refractivity contribution in [1.82, 2.24) is 9.80 Å². The Labute approximate surface area is 234 Å². The zero-order valence-corrected chi connectivity index (χ0v) is 23.3. The minimum absolute atomic E-state index is 0.0197. The molecule has 2 amide bonds. The summed E-state index contributed by atoms with van der Waals surface area (Å²) >= 11 is 0. The minimum Gasteiger partial charge on any atom is -0.447 e. The third-order valence-electron chi connectivity index (χ3n) is 7.63. The first-order valence-corrected chi connectivity index (χ1v) is 13.6. The zero-order valence-electron chi connectivity index (χ0n) is 23.3. The van der Waals surface area contributed by atoms with Crippen LogP contribution >= 0.6 is 0 Å². The lowest BCUT2D eigenvalue weighted by Crippen LogP contribution is -2.55. The maximum atomic E-state index is 14.2. The van der Waals surface area contributed by atoms with E-state index in [1.807, 2.05) is 51.1 Å². The molecule has 2 heterocycles. The fourth-order valence-corrected chi connectivity index (χ4v) is 5.80. The fourth-order valence-electron chi connectivity index (χ4n) is 5.80. The molecule has 7 nitrogen and oxygen atoms in total. The van der Waals surface area contributed by atoms with Gasteiger partial charge in [-0.15, -0.1) is 6.58 Å². The lowest BCUT2D eigenvalue weighted by Gasteiger charge is -2.41. The molecule has 0 saturated carbocycles. The summed E-state index contributed by atoms with van der Waals surface area (Å²) in [6.07, 6.45) is 0.0455. The van der Waals surface area contributed by atoms with E-state index in [1.165, 1.54) is 0 Å². The normalized spacial score (nSPS) is 23.2. The highest BCUT2D eigenvalue weighted by molar-refractivity contribution is 5.95. The van der Waals surface area contributed by atoms with Crippen molar-refractivity contribution in [2.45, 2.75) is 69.9 Å². The molecule has 2 fully saturated rings. The molecule has 2 aliphatic heterocycles. The van der Waals surface area contributed by atoms with Gasteiger partial charge in [-0.3, -0.25) is 9.69 Å². The second kappa shape index (κ2) is 12.6. The van der Waals surface area contributed by atoms with Gasteiger partial charge in [-0.25, -0.2) is 18.5 Å². The van der Waals surface area contributed by atoms with Crippen molar-refractivity contribution in [2.75, 3.05) is 19.8 Å². The summed E-state index contributed by atoms with van der Waals surface area (Å²) in [4.78, 5) is 30.2. The summed E-state index contributed by atoms with van der Waals surface area (Å²) in [5, 5.41) is 11.9. The van der Waals surface area contributed by atoms with Crippen LogP contribution in [-0.2, 0) is 27.1 Å². The molecule has 5 atom stereocenters. The Kier molecular flexibility index (Phi) is 9.38. The van der Waals surface area contributed by atoms with E-state index in [-0.39, 0.29) is 30.2 Å². The molecule has 40 heavy (non-hydrogen) atoms. The largest absolute Gasteiger partial charge is 0.447 e. The third-order valence-corrected chi connectivity index (χ3v) is 7.63. The van der Waals surface area contributed by atoms with Crippen molar-refractivity contribution in [3.05, 3.63) is 83.9 Å². The predicted octanol–water partition coefficient (Wildman–Crippen LogP) is 4.52. The lowest BCUT2D eigenvalue weighted by atomic mass is 9.86. The summed E-state index contributed by atoms with van der Waals surface area (Å²) in [6.45, 7) is 10.6. The Morgan fingerprint density at radius 3 is 2.48 bits per heavy atom. The SMILES string of the molecule is C=CCO[C@@H]1C[C@H]([C@@H](O)[C@H](Cc2cc(F)cc(F)c2)C(=O)N2C(=O)OC[C@@H]2Cc2ccccc2)N(C(C)(C)C)C1. The van der Waals surface area contributed by atoms with Gasteiger partial charge >= 0.3 is 6.09 Å². The molecule has 0 bridgehead atoms. The Balaban J connectivity index is 1.67. The number of imide groups is 1. The second-order valence-electron chi connectivity index (χ2n) is 11.6. The molecule has 216 valence electrons. The monoisotopic (exact) mass is 556 g/mol. The molecule has 1 N–H and O–H groups in total.